The summed E-state index contributed by atoms with van der Waals surface area (Å²) in [7, 11) is 1.95. The molecule has 2 aromatic rings. The highest BCUT2D eigenvalue weighted by Crippen LogP contribution is 2.31. The Hall–Kier alpha value is -1.94. The highest BCUT2D eigenvalue weighted by Gasteiger charge is 2.24. The molecule has 1 aromatic heterocycles. The smallest absolute Gasteiger partial charge is 0.135 e. The maximum atomic E-state index is 5.84. The van der Waals surface area contributed by atoms with Gasteiger partial charge in [-0.05, 0) is 38.9 Å². The van der Waals surface area contributed by atoms with Crippen LogP contribution < -0.4 is 10.1 Å². The fourth-order valence-electron chi connectivity index (χ4n) is 2.77. The third kappa shape index (κ3) is 2.76. The van der Waals surface area contributed by atoms with Crippen molar-refractivity contribution in [1.82, 2.24) is 15.3 Å². The molecule has 0 radical (unpaired) electrons. The van der Waals surface area contributed by atoms with Gasteiger partial charge >= 0.3 is 0 Å². The van der Waals surface area contributed by atoms with E-state index in [1.165, 1.54) is 5.56 Å². The van der Waals surface area contributed by atoms with Gasteiger partial charge in [0.2, 0.25) is 0 Å². The molecule has 4 heteroatoms. The molecule has 2 unspecified atom stereocenters. The van der Waals surface area contributed by atoms with Crippen LogP contribution in [0.5, 0.6) is 5.75 Å². The molecule has 110 valence electrons. The number of para-hydroxylation sites is 1. The van der Waals surface area contributed by atoms with Crippen molar-refractivity contribution >= 4 is 0 Å². The van der Waals surface area contributed by atoms with Crippen molar-refractivity contribution in [3.05, 3.63) is 53.1 Å². The molecule has 0 saturated carbocycles. The van der Waals surface area contributed by atoms with Crippen LogP contribution in [0.4, 0.5) is 0 Å². The van der Waals surface area contributed by atoms with Gasteiger partial charge in [0.15, 0.2) is 0 Å². The molecule has 0 amide bonds. The quantitative estimate of drug-likeness (QED) is 0.941. The van der Waals surface area contributed by atoms with Crippen molar-refractivity contribution in [3.63, 3.8) is 0 Å². The van der Waals surface area contributed by atoms with Gasteiger partial charge in [0.05, 0.1) is 12.5 Å². The predicted octanol–water partition coefficient (Wildman–Crippen LogP) is 2.78. The van der Waals surface area contributed by atoms with E-state index >= 15 is 0 Å². The Morgan fingerprint density at radius 2 is 2.14 bits per heavy atom. The minimum absolute atomic E-state index is 0.234. The van der Waals surface area contributed by atoms with E-state index in [9.17, 15) is 0 Å². The number of nitrogens with one attached hydrogen (secondary N) is 1. The topological polar surface area (TPSA) is 47.0 Å². The first-order valence-corrected chi connectivity index (χ1v) is 7.40. The minimum Gasteiger partial charge on any atom is -0.493 e. The lowest BCUT2D eigenvalue weighted by molar-refractivity contribution is 0.257. The first-order valence-electron chi connectivity index (χ1n) is 7.40. The maximum absolute atomic E-state index is 5.84. The number of hydrogen-bond acceptors (Lipinski definition) is 4. The Balaban J connectivity index is 1.84. The van der Waals surface area contributed by atoms with Crippen LogP contribution >= 0.6 is 0 Å². The van der Waals surface area contributed by atoms with E-state index in [2.05, 4.69) is 23.3 Å². The lowest BCUT2D eigenvalue weighted by atomic mass is 9.95. The van der Waals surface area contributed by atoms with E-state index in [0.29, 0.717) is 6.61 Å². The zero-order chi connectivity index (χ0) is 14.8. The summed E-state index contributed by atoms with van der Waals surface area (Å²) in [5.41, 5.74) is 3.43. The molecule has 21 heavy (non-hydrogen) atoms. The van der Waals surface area contributed by atoms with Gasteiger partial charge in [0, 0.05) is 23.5 Å². The van der Waals surface area contributed by atoms with Gasteiger partial charge in [-0.15, -0.1) is 0 Å². The third-order valence-electron chi connectivity index (χ3n) is 4.18. The number of benzene rings is 1. The van der Waals surface area contributed by atoms with Crippen molar-refractivity contribution in [2.45, 2.75) is 32.2 Å². The number of fused-ring (bicyclic) bond motifs is 1. The highest BCUT2D eigenvalue weighted by molar-refractivity contribution is 5.36. The van der Waals surface area contributed by atoms with Crippen LogP contribution in [0.25, 0.3) is 0 Å². The van der Waals surface area contributed by atoms with E-state index in [1.807, 2.05) is 38.4 Å². The molecule has 1 aliphatic rings. The predicted molar refractivity (Wildman–Crippen MR) is 82.6 cm³/mol. The average molecular weight is 283 g/mol. The second kappa shape index (κ2) is 5.82. The Bertz CT molecular complexity index is 642. The van der Waals surface area contributed by atoms with Crippen LogP contribution in [0.15, 0.2) is 30.5 Å². The Kier molecular flexibility index (Phi) is 3.88. The molecule has 2 heterocycles. The van der Waals surface area contributed by atoms with E-state index in [-0.39, 0.29) is 12.0 Å². The second-order valence-electron chi connectivity index (χ2n) is 5.60. The van der Waals surface area contributed by atoms with Crippen LogP contribution in [0, 0.1) is 6.92 Å². The van der Waals surface area contributed by atoms with E-state index in [0.717, 1.165) is 29.3 Å². The number of hydrogen-bond donors (Lipinski definition) is 1. The molecular weight excluding hydrogens is 262 g/mol. The van der Waals surface area contributed by atoms with E-state index in [1.54, 1.807) is 0 Å². The Labute approximate surface area is 125 Å². The molecule has 3 rings (SSSR count). The molecule has 4 nitrogen and oxygen atoms in total. The summed E-state index contributed by atoms with van der Waals surface area (Å²) in [6.07, 6.45) is 2.88. The van der Waals surface area contributed by atoms with Crippen LogP contribution in [-0.4, -0.2) is 23.6 Å². The van der Waals surface area contributed by atoms with Gasteiger partial charge in [0.1, 0.15) is 11.6 Å². The monoisotopic (exact) mass is 283 g/mol. The normalized spacial score (nSPS) is 18.7. The highest BCUT2D eigenvalue weighted by atomic mass is 16.5. The lowest BCUT2D eigenvalue weighted by Crippen LogP contribution is -2.22. The van der Waals surface area contributed by atoms with Crippen LogP contribution in [0.1, 0.15) is 41.5 Å². The molecule has 0 spiro atoms. The third-order valence-corrected chi connectivity index (χ3v) is 4.18. The Morgan fingerprint density at radius 1 is 1.33 bits per heavy atom. The summed E-state index contributed by atoms with van der Waals surface area (Å²) < 4.78 is 5.84. The average Bonchev–Trinajstić information content (AvgIpc) is 2.53. The first kappa shape index (κ1) is 14.0. The van der Waals surface area contributed by atoms with Gasteiger partial charge < -0.3 is 10.1 Å². The van der Waals surface area contributed by atoms with Gasteiger partial charge in [-0.3, -0.25) is 0 Å². The van der Waals surface area contributed by atoms with Crippen molar-refractivity contribution < 1.29 is 4.74 Å². The summed E-state index contributed by atoms with van der Waals surface area (Å²) >= 11 is 0. The summed E-state index contributed by atoms with van der Waals surface area (Å²) in [5, 5.41) is 3.23. The molecule has 1 N–H and O–H groups in total. The van der Waals surface area contributed by atoms with Crippen molar-refractivity contribution in [3.8, 4) is 5.75 Å². The minimum atomic E-state index is 0.234. The zero-order valence-corrected chi connectivity index (χ0v) is 12.8. The van der Waals surface area contributed by atoms with Crippen molar-refractivity contribution in [2.24, 2.45) is 0 Å². The molecule has 0 fully saturated rings. The van der Waals surface area contributed by atoms with Gasteiger partial charge in [-0.2, -0.15) is 0 Å². The standard InChI is InChI=1S/C17H21N3O/c1-11(18-3)15-9-19-17(20-12(15)2)14-8-13-6-4-5-7-16(13)21-10-14/h4-7,9,11,14,18H,8,10H2,1-3H3. The summed E-state index contributed by atoms with van der Waals surface area (Å²) in [4.78, 5) is 9.28. The molecule has 2 atom stereocenters. The number of rotatable bonds is 3. The number of ether oxygens (including phenoxy) is 1. The number of aromatic nitrogens is 2. The van der Waals surface area contributed by atoms with Crippen molar-refractivity contribution in [1.29, 1.82) is 0 Å². The SMILES string of the molecule is CNC(C)c1cnc(C2COc3ccccc3C2)nc1C. The zero-order valence-electron chi connectivity index (χ0n) is 12.8. The van der Waals surface area contributed by atoms with E-state index < -0.39 is 0 Å². The molecule has 1 aliphatic heterocycles. The maximum Gasteiger partial charge on any atom is 0.135 e. The molecule has 0 bridgehead atoms. The van der Waals surface area contributed by atoms with Gasteiger partial charge in [-0.1, -0.05) is 18.2 Å². The van der Waals surface area contributed by atoms with Gasteiger partial charge in [0.25, 0.3) is 0 Å². The second-order valence-corrected chi connectivity index (χ2v) is 5.60. The summed E-state index contributed by atoms with van der Waals surface area (Å²) in [5.74, 6) is 2.11. The first-order chi connectivity index (χ1) is 10.2. The fraction of sp³-hybridized carbons (Fsp3) is 0.412. The summed E-state index contributed by atoms with van der Waals surface area (Å²) in [6, 6.07) is 8.46. The van der Waals surface area contributed by atoms with E-state index in [4.69, 9.17) is 9.72 Å². The molecule has 1 aromatic carbocycles. The van der Waals surface area contributed by atoms with Crippen LogP contribution in [0.3, 0.4) is 0 Å². The number of nitrogens with zero attached hydrogens (tertiary/aromatic N) is 2. The van der Waals surface area contributed by atoms with Crippen LogP contribution in [0.2, 0.25) is 0 Å². The van der Waals surface area contributed by atoms with Gasteiger partial charge in [-0.25, -0.2) is 9.97 Å². The fourth-order valence-corrected chi connectivity index (χ4v) is 2.77. The Morgan fingerprint density at radius 3 is 2.90 bits per heavy atom. The van der Waals surface area contributed by atoms with Crippen LogP contribution in [-0.2, 0) is 6.42 Å². The lowest BCUT2D eigenvalue weighted by Gasteiger charge is -2.25. The summed E-state index contributed by atoms with van der Waals surface area (Å²) in [6.45, 7) is 4.81. The van der Waals surface area contributed by atoms with Crippen molar-refractivity contribution in [2.75, 3.05) is 13.7 Å². The molecular formula is C17H21N3O. The molecule has 0 aliphatic carbocycles. The largest absolute Gasteiger partial charge is 0.493 e. The molecule has 0 saturated heterocycles. The number of aryl methyl sites for hydroxylation is 1.